The molecule has 0 aromatic heterocycles. The molecular weight excluding hydrogens is 318 g/mol. The summed E-state index contributed by atoms with van der Waals surface area (Å²) >= 11 is 0. The van der Waals surface area contributed by atoms with Crippen molar-refractivity contribution < 1.29 is 4.79 Å². The largest absolute Gasteiger partial charge is 0.352 e. The zero-order chi connectivity index (χ0) is 19.0. The van der Waals surface area contributed by atoms with Gasteiger partial charge in [-0.1, -0.05) is 96.1 Å². The van der Waals surface area contributed by atoms with Gasteiger partial charge in [0.25, 0.3) is 5.91 Å². The molecule has 0 saturated carbocycles. The first-order valence-corrected chi connectivity index (χ1v) is 11.0. The zero-order valence-electron chi connectivity index (χ0n) is 17.4. The molecule has 2 heteroatoms. The van der Waals surface area contributed by atoms with Crippen LogP contribution >= 0.6 is 0 Å². The molecule has 1 N–H and O–H groups in total. The van der Waals surface area contributed by atoms with Crippen LogP contribution in [0.1, 0.15) is 91.4 Å². The summed E-state index contributed by atoms with van der Waals surface area (Å²) in [5.41, 5.74) is 0.836. The second kappa shape index (κ2) is 14.8. The Morgan fingerprint density at radius 2 is 1.92 bits per heavy atom. The van der Waals surface area contributed by atoms with Crippen LogP contribution in [0.5, 0.6) is 0 Å². The van der Waals surface area contributed by atoms with E-state index in [2.05, 4.69) is 50.4 Å². The minimum absolute atomic E-state index is 0.0960. The van der Waals surface area contributed by atoms with Crippen LogP contribution in [-0.2, 0) is 4.79 Å². The maximum absolute atomic E-state index is 12.4. The predicted octanol–water partition coefficient (Wildman–Crippen LogP) is 6.74. The van der Waals surface area contributed by atoms with Gasteiger partial charge in [-0.15, -0.1) is 0 Å². The number of carbonyl (C=O) groups is 1. The van der Waals surface area contributed by atoms with Crippen LogP contribution in [-0.4, -0.2) is 12.5 Å². The summed E-state index contributed by atoms with van der Waals surface area (Å²) in [5, 5.41) is 3.18. The Morgan fingerprint density at radius 3 is 2.62 bits per heavy atom. The van der Waals surface area contributed by atoms with E-state index in [-0.39, 0.29) is 5.91 Å². The molecule has 26 heavy (non-hydrogen) atoms. The van der Waals surface area contributed by atoms with Crippen molar-refractivity contribution >= 4 is 5.91 Å². The highest BCUT2D eigenvalue weighted by Gasteiger charge is 2.13. The maximum Gasteiger partial charge on any atom is 0.250 e. The topological polar surface area (TPSA) is 29.1 Å². The molecule has 0 spiro atoms. The monoisotopic (exact) mass is 359 g/mol. The van der Waals surface area contributed by atoms with Crippen LogP contribution in [0.25, 0.3) is 0 Å². The van der Waals surface area contributed by atoms with Crippen molar-refractivity contribution in [3.63, 3.8) is 0 Å². The molecule has 0 heterocycles. The molecule has 0 aromatic rings. The molecule has 0 aliphatic heterocycles. The lowest BCUT2D eigenvalue weighted by atomic mass is 9.95. The van der Waals surface area contributed by atoms with Crippen molar-refractivity contribution in [1.29, 1.82) is 0 Å². The van der Waals surface area contributed by atoms with Crippen molar-refractivity contribution in [3.05, 3.63) is 36.0 Å². The molecule has 0 radical (unpaired) electrons. The summed E-state index contributed by atoms with van der Waals surface area (Å²) in [6.07, 6.45) is 24.4. The van der Waals surface area contributed by atoms with Gasteiger partial charge >= 0.3 is 0 Å². The predicted molar refractivity (Wildman–Crippen MR) is 114 cm³/mol. The van der Waals surface area contributed by atoms with E-state index in [0.29, 0.717) is 11.8 Å². The maximum atomic E-state index is 12.4. The van der Waals surface area contributed by atoms with Crippen LogP contribution < -0.4 is 5.32 Å². The van der Waals surface area contributed by atoms with Crippen LogP contribution in [0.2, 0.25) is 0 Å². The highest BCUT2D eigenvalue weighted by molar-refractivity contribution is 5.96. The van der Waals surface area contributed by atoms with Crippen molar-refractivity contribution in [3.8, 4) is 0 Å². The fourth-order valence-electron chi connectivity index (χ4n) is 3.32. The SMILES string of the molecule is CCC/C=C/CC(CCCCCCCC)CNC(=O)C1=CCC(C)C=C1. The lowest BCUT2D eigenvalue weighted by molar-refractivity contribution is -0.117. The van der Waals surface area contributed by atoms with Gasteiger partial charge in [0.05, 0.1) is 0 Å². The highest BCUT2D eigenvalue weighted by Crippen LogP contribution is 2.18. The summed E-state index contributed by atoms with van der Waals surface area (Å²) in [7, 11) is 0. The third-order valence-corrected chi connectivity index (χ3v) is 5.18. The van der Waals surface area contributed by atoms with Gasteiger partial charge in [0, 0.05) is 12.1 Å². The quantitative estimate of drug-likeness (QED) is 0.270. The summed E-state index contributed by atoms with van der Waals surface area (Å²) < 4.78 is 0. The molecule has 0 saturated heterocycles. The first-order chi connectivity index (χ1) is 12.7. The average molecular weight is 360 g/mol. The van der Waals surface area contributed by atoms with Crippen molar-refractivity contribution in [2.75, 3.05) is 6.54 Å². The Morgan fingerprint density at radius 1 is 1.15 bits per heavy atom. The number of rotatable bonds is 14. The van der Waals surface area contributed by atoms with Crippen molar-refractivity contribution in [2.24, 2.45) is 11.8 Å². The fourth-order valence-corrected chi connectivity index (χ4v) is 3.32. The molecule has 0 bridgehead atoms. The van der Waals surface area contributed by atoms with E-state index >= 15 is 0 Å². The molecule has 0 aromatic carbocycles. The van der Waals surface area contributed by atoms with Gasteiger partial charge in [0.1, 0.15) is 0 Å². The minimum atomic E-state index is 0.0960. The Bertz CT molecular complexity index is 461. The van der Waals surface area contributed by atoms with Gasteiger partial charge in [-0.25, -0.2) is 0 Å². The van der Waals surface area contributed by atoms with E-state index in [4.69, 9.17) is 0 Å². The molecule has 2 unspecified atom stereocenters. The van der Waals surface area contributed by atoms with Gasteiger partial charge in [0.15, 0.2) is 0 Å². The lowest BCUT2D eigenvalue weighted by Crippen LogP contribution is -2.30. The van der Waals surface area contributed by atoms with Crippen LogP contribution in [0, 0.1) is 11.8 Å². The number of unbranched alkanes of at least 4 members (excludes halogenated alkanes) is 6. The Labute approximate surface area is 162 Å². The van der Waals surface area contributed by atoms with Gasteiger partial charge in [-0.2, -0.15) is 0 Å². The molecular formula is C24H41NO. The molecule has 1 amide bonds. The number of hydrogen-bond acceptors (Lipinski definition) is 1. The van der Waals surface area contributed by atoms with Crippen molar-refractivity contribution in [1.82, 2.24) is 5.32 Å². The van der Waals surface area contributed by atoms with E-state index in [1.54, 1.807) is 0 Å². The average Bonchev–Trinajstić information content (AvgIpc) is 2.65. The second-order valence-electron chi connectivity index (χ2n) is 7.86. The lowest BCUT2D eigenvalue weighted by Gasteiger charge is -2.17. The minimum Gasteiger partial charge on any atom is -0.352 e. The van der Waals surface area contributed by atoms with Gasteiger partial charge in [-0.3, -0.25) is 4.79 Å². The number of amides is 1. The Balaban J connectivity index is 2.37. The van der Waals surface area contributed by atoms with E-state index in [1.165, 1.54) is 51.4 Å². The third kappa shape index (κ3) is 10.6. The first kappa shape index (κ1) is 22.7. The number of nitrogens with one attached hydrogen (secondary N) is 1. The molecule has 148 valence electrons. The third-order valence-electron chi connectivity index (χ3n) is 5.18. The molecule has 1 aliphatic carbocycles. The van der Waals surface area contributed by atoms with E-state index < -0.39 is 0 Å². The van der Waals surface area contributed by atoms with E-state index in [1.807, 2.05) is 6.08 Å². The summed E-state index contributed by atoms with van der Waals surface area (Å²) in [4.78, 5) is 12.4. The first-order valence-electron chi connectivity index (χ1n) is 11.0. The van der Waals surface area contributed by atoms with Gasteiger partial charge < -0.3 is 5.32 Å². The summed E-state index contributed by atoms with van der Waals surface area (Å²) in [5.74, 6) is 1.21. The normalized spacial score (nSPS) is 18.1. The smallest absolute Gasteiger partial charge is 0.250 e. The number of allylic oxidation sites excluding steroid dienone is 4. The van der Waals surface area contributed by atoms with Crippen molar-refractivity contribution in [2.45, 2.75) is 91.4 Å². The fraction of sp³-hybridized carbons (Fsp3) is 0.708. The molecule has 1 aliphatic rings. The molecule has 0 fully saturated rings. The highest BCUT2D eigenvalue weighted by atomic mass is 16.1. The Kier molecular flexibility index (Phi) is 13.0. The zero-order valence-corrected chi connectivity index (χ0v) is 17.4. The van der Waals surface area contributed by atoms with E-state index in [0.717, 1.165) is 31.4 Å². The van der Waals surface area contributed by atoms with E-state index in [9.17, 15) is 4.79 Å². The Hall–Kier alpha value is -1.31. The van der Waals surface area contributed by atoms with Crippen LogP contribution in [0.3, 0.4) is 0 Å². The standard InChI is InChI=1S/C24H41NO/c1-4-6-8-10-11-13-15-22(14-12-9-7-5-2)20-25-24(26)23-18-16-21(3)17-19-23/h9,12,16,18-19,21-22H,4-8,10-11,13-15,17,20H2,1-3H3,(H,25,26)/b12-9+. The number of carbonyl (C=O) groups excluding carboxylic acids is 1. The summed E-state index contributed by atoms with van der Waals surface area (Å²) in [6.45, 7) is 7.45. The molecule has 1 rings (SSSR count). The molecule has 2 nitrogen and oxygen atoms in total. The van der Waals surface area contributed by atoms with Crippen LogP contribution in [0.4, 0.5) is 0 Å². The van der Waals surface area contributed by atoms with Gasteiger partial charge in [-0.05, 0) is 37.5 Å². The number of hydrogen-bond donors (Lipinski definition) is 1. The summed E-state index contributed by atoms with van der Waals surface area (Å²) in [6, 6.07) is 0. The second-order valence-corrected chi connectivity index (χ2v) is 7.86. The molecule has 2 atom stereocenters. The van der Waals surface area contributed by atoms with Crippen LogP contribution in [0.15, 0.2) is 36.0 Å². The van der Waals surface area contributed by atoms with Gasteiger partial charge in [0.2, 0.25) is 0 Å².